The van der Waals surface area contributed by atoms with E-state index >= 15 is 0 Å². The van der Waals surface area contributed by atoms with Gasteiger partial charge in [0, 0.05) is 0 Å². The van der Waals surface area contributed by atoms with Crippen LogP contribution < -0.4 is 0 Å². The topological polar surface area (TPSA) is 25.8 Å². The van der Waals surface area contributed by atoms with E-state index in [0.717, 1.165) is 23.9 Å². The lowest BCUT2D eigenvalue weighted by atomic mass is 9.93. The molecule has 0 spiro atoms. The first kappa shape index (κ1) is 10.6. The molecule has 0 atom stereocenters. The minimum absolute atomic E-state index is 1.04. The van der Waals surface area contributed by atoms with Gasteiger partial charge in [-0.05, 0) is 48.9 Å². The molecule has 0 unspecified atom stereocenters. The van der Waals surface area contributed by atoms with Crippen molar-refractivity contribution in [3.05, 3.63) is 22.3 Å². The van der Waals surface area contributed by atoms with Crippen LogP contribution in [-0.2, 0) is 12.8 Å². The molecule has 0 saturated heterocycles. The molecular weight excluding hydrogens is 204 g/mol. The van der Waals surface area contributed by atoms with Crippen molar-refractivity contribution in [1.82, 2.24) is 8.75 Å². The SMILES string of the molecule is CCc1c(C)c(C)c(CC)c2nsnc12. The number of nitrogens with zero attached hydrogens (tertiary/aromatic N) is 2. The summed E-state index contributed by atoms with van der Waals surface area (Å²) in [4.78, 5) is 0. The van der Waals surface area contributed by atoms with Crippen molar-refractivity contribution in [2.75, 3.05) is 0 Å². The molecular formula is C12H16N2S. The Bertz CT molecular complexity index is 456. The lowest BCUT2D eigenvalue weighted by Crippen LogP contribution is -1.98. The molecule has 0 fully saturated rings. The van der Waals surface area contributed by atoms with Gasteiger partial charge in [-0.3, -0.25) is 0 Å². The molecule has 1 heterocycles. The zero-order valence-electron chi connectivity index (χ0n) is 9.72. The van der Waals surface area contributed by atoms with Gasteiger partial charge in [0.05, 0.1) is 11.7 Å². The van der Waals surface area contributed by atoms with Crippen LogP contribution in [0.1, 0.15) is 36.1 Å². The van der Waals surface area contributed by atoms with Crippen LogP contribution in [0, 0.1) is 13.8 Å². The van der Waals surface area contributed by atoms with Gasteiger partial charge in [-0.25, -0.2) is 0 Å². The second-order valence-electron chi connectivity index (χ2n) is 3.88. The van der Waals surface area contributed by atoms with Crippen LogP contribution in [-0.4, -0.2) is 8.75 Å². The van der Waals surface area contributed by atoms with Gasteiger partial charge in [0.15, 0.2) is 0 Å². The van der Waals surface area contributed by atoms with E-state index in [1.165, 1.54) is 34.0 Å². The van der Waals surface area contributed by atoms with Gasteiger partial charge in [0.2, 0.25) is 0 Å². The van der Waals surface area contributed by atoms with Crippen molar-refractivity contribution in [1.29, 1.82) is 0 Å². The first-order chi connectivity index (χ1) is 7.20. The highest BCUT2D eigenvalue weighted by molar-refractivity contribution is 7.00. The summed E-state index contributed by atoms with van der Waals surface area (Å²) in [6.07, 6.45) is 2.08. The zero-order valence-corrected chi connectivity index (χ0v) is 10.5. The smallest absolute Gasteiger partial charge is 0.108 e. The van der Waals surface area contributed by atoms with Crippen molar-refractivity contribution in [3.8, 4) is 0 Å². The van der Waals surface area contributed by atoms with Crippen LogP contribution in [0.5, 0.6) is 0 Å². The molecule has 0 saturated carbocycles. The molecule has 80 valence electrons. The molecule has 0 aliphatic rings. The van der Waals surface area contributed by atoms with E-state index in [2.05, 4.69) is 36.4 Å². The molecule has 1 aromatic heterocycles. The Hall–Kier alpha value is -0.960. The van der Waals surface area contributed by atoms with E-state index in [-0.39, 0.29) is 0 Å². The second kappa shape index (κ2) is 3.89. The van der Waals surface area contributed by atoms with Crippen molar-refractivity contribution >= 4 is 22.8 Å². The van der Waals surface area contributed by atoms with E-state index in [9.17, 15) is 0 Å². The quantitative estimate of drug-likeness (QED) is 0.775. The molecule has 0 N–H and O–H groups in total. The molecule has 2 rings (SSSR count). The summed E-state index contributed by atoms with van der Waals surface area (Å²) in [6.45, 7) is 8.77. The average Bonchev–Trinajstić information content (AvgIpc) is 2.69. The predicted octanol–water partition coefficient (Wildman–Crippen LogP) is 3.43. The van der Waals surface area contributed by atoms with E-state index in [0.29, 0.717) is 0 Å². The Labute approximate surface area is 94.7 Å². The van der Waals surface area contributed by atoms with Crippen LogP contribution in [0.4, 0.5) is 0 Å². The van der Waals surface area contributed by atoms with Crippen molar-refractivity contribution in [3.63, 3.8) is 0 Å². The molecule has 2 nitrogen and oxygen atoms in total. The monoisotopic (exact) mass is 220 g/mol. The fraction of sp³-hybridized carbons (Fsp3) is 0.500. The zero-order chi connectivity index (χ0) is 11.0. The standard InChI is InChI=1S/C12H16N2S/c1-5-9-7(3)8(4)10(6-2)12-11(9)13-15-14-12/h5-6H2,1-4H3. The maximum atomic E-state index is 4.43. The highest BCUT2D eigenvalue weighted by atomic mass is 32.1. The summed E-state index contributed by atoms with van der Waals surface area (Å²) in [7, 11) is 0. The summed E-state index contributed by atoms with van der Waals surface area (Å²) >= 11 is 1.33. The fourth-order valence-corrected chi connectivity index (χ4v) is 2.86. The third kappa shape index (κ3) is 1.46. The van der Waals surface area contributed by atoms with E-state index in [1.54, 1.807) is 0 Å². The largest absolute Gasteiger partial charge is 0.173 e. The number of aryl methyl sites for hydroxylation is 2. The van der Waals surface area contributed by atoms with Gasteiger partial charge in [-0.2, -0.15) is 8.75 Å². The number of hydrogen-bond acceptors (Lipinski definition) is 3. The number of rotatable bonds is 2. The minimum Gasteiger partial charge on any atom is -0.173 e. The average molecular weight is 220 g/mol. The second-order valence-corrected chi connectivity index (χ2v) is 4.40. The fourth-order valence-electron chi connectivity index (χ4n) is 2.26. The summed E-state index contributed by atoms with van der Waals surface area (Å²) in [5.41, 5.74) is 7.79. The summed E-state index contributed by atoms with van der Waals surface area (Å²) in [5, 5.41) is 0. The highest BCUT2D eigenvalue weighted by Crippen LogP contribution is 2.29. The molecule has 2 aromatic rings. The Morgan fingerprint density at radius 3 is 1.60 bits per heavy atom. The van der Waals surface area contributed by atoms with Crippen LogP contribution in [0.15, 0.2) is 0 Å². The number of hydrogen-bond donors (Lipinski definition) is 0. The summed E-state index contributed by atoms with van der Waals surface area (Å²) in [6, 6.07) is 0. The molecule has 0 aliphatic heterocycles. The molecule has 0 radical (unpaired) electrons. The van der Waals surface area contributed by atoms with Crippen LogP contribution in [0.25, 0.3) is 11.0 Å². The molecule has 0 bridgehead atoms. The Balaban J connectivity index is 2.91. The van der Waals surface area contributed by atoms with Crippen LogP contribution in [0.3, 0.4) is 0 Å². The van der Waals surface area contributed by atoms with Crippen molar-refractivity contribution in [2.24, 2.45) is 0 Å². The van der Waals surface area contributed by atoms with Gasteiger partial charge < -0.3 is 0 Å². The third-order valence-electron chi connectivity index (χ3n) is 3.24. The first-order valence-electron chi connectivity index (χ1n) is 5.43. The predicted molar refractivity (Wildman–Crippen MR) is 65.6 cm³/mol. The molecule has 1 aromatic carbocycles. The van der Waals surface area contributed by atoms with Crippen molar-refractivity contribution in [2.45, 2.75) is 40.5 Å². The lowest BCUT2D eigenvalue weighted by Gasteiger charge is -2.12. The van der Waals surface area contributed by atoms with Gasteiger partial charge in [-0.1, -0.05) is 13.8 Å². The highest BCUT2D eigenvalue weighted by Gasteiger charge is 2.14. The Kier molecular flexibility index (Phi) is 2.74. The normalized spacial score (nSPS) is 11.2. The number of benzene rings is 1. The van der Waals surface area contributed by atoms with Crippen LogP contribution >= 0.6 is 11.7 Å². The van der Waals surface area contributed by atoms with Gasteiger partial charge in [-0.15, -0.1) is 0 Å². The first-order valence-corrected chi connectivity index (χ1v) is 6.16. The van der Waals surface area contributed by atoms with Gasteiger partial charge >= 0.3 is 0 Å². The molecule has 15 heavy (non-hydrogen) atoms. The summed E-state index contributed by atoms with van der Waals surface area (Å²) < 4.78 is 8.86. The van der Waals surface area contributed by atoms with E-state index < -0.39 is 0 Å². The molecule has 3 heteroatoms. The maximum Gasteiger partial charge on any atom is 0.108 e. The molecule has 0 aliphatic carbocycles. The summed E-state index contributed by atoms with van der Waals surface area (Å²) in [5.74, 6) is 0. The number of fused-ring (bicyclic) bond motifs is 1. The Morgan fingerprint density at radius 2 is 1.27 bits per heavy atom. The van der Waals surface area contributed by atoms with Crippen molar-refractivity contribution < 1.29 is 0 Å². The van der Waals surface area contributed by atoms with Crippen LogP contribution in [0.2, 0.25) is 0 Å². The van der Waals surface area contributed by atoms with Gasteiger partial charge in [0.25, 0.3) is 0 Å². The van der Waals surface area contributed by atoms with Gasteiger partial charge in [0.1, 0.15) is 11.0 Å². The van der Waals surface area contributed by atoms with E-state index in [4.69, 9.17) is 0 Å². The lowest BCUT2D eigenvalue weighted by molar-refractivity contribution is 1.06. The maximum absolute atomic E-state index is 4.43. The minimum atomic E-state index is 1.04. The third-order valence-corrected chi connectivity index (χ3v) is 3.76. The van der Waals surface area contributed by atoms with E-state index in [1.807, 2.05) is 0 Å². The number of aromatic nitrogens is 2. The molecule has 0 amide bonds. The Morgan fingerprint density at radius 1 is 0.867 bits per heavy atom.